The summed E-state index contributed by atoms with van der Waals surface area (Å²) in [4.78, 5) is 7.91. The van der Waals surface area contributed by atoms with Gasteiger partial charge in [0.25, 0.3) is 0 Å². The van der Waals surface area contributed by atoms with Crippen molar-refractivity contribution in [3.05, 3.63) is 48.0 Å². The molecular weight excluding hydrogens is 262 g/mol. The van der Waals surface area contributed by atoms with Crippen molar-refractivity contribution in [1.82, 2.24) is 9.97 Å². The summed E-state index contributed by atoms with van der Waals surface area (Å²) in [6.45, 7) is 0. The van der Waals surface area contributed by atoms with Crippen LogP contribution in [0.25, 0.3) is 22.0 Å². The van der Waals surface area contributed by atoms with Gasteiger partial charge >= 0.3 is 0 Å². The molecule has 2 aromatic carbocycles. The highest BCUT2D eigenvalue weighted by Gasteiger charge is 2.13. The molecule has 0 atom stereocenters. The number of nitrogen functional groups attached to an aromatic ring is 2. The predicted octanol–water partition coefficient (Wildman–Crippen LogP) is 2.74. The van der Waals surface area contributed by atoms with Crippen LogP contribution in [0.2, 0.25) is 0 Å². The monoisotopic (exact) mass is 272 g/mol. The van der Waals surface area contributed by atoms with E-state index < -0.39 is 11.6 Å². The topological polar surface area (TPSA) is 77.8 Å². The molecule has 0 amide bonds. The Hall–Kier alpha value is -2.76. The van der Waals surface area contributed by atoms with E-state index in [2.05, 4.69) is 9.97 Å². The normalized spacial score (nSPS) is 10.9. The summed E-state index contributed by atoms with van der Waals surface area (Å²) in [6, 6.07) is 8.23. The summed E-state index contributed by atoms with van der Waals surface area (Å²) in [5.41, 5.74) is 12.4. The van der Waals surface area contributed by atoms with E-state index >= 15 is 0 Å². The fourth-order valence-electron chi connectivity index (χ4n) is 2.16. The number of hydrogen-bond acceptors (Lipinski definition) is 4. The van der Waals surface area contributed by atoms with Gasteiger partial charge in [0.1, 0.15) is 17.5 Å². The van der Waals surface area contributed by atoms with Gasteiger partial charge in [-0.1, -0.05) is 12.1 Å². The van der Waals surface area contributed by atoms with Gasteiger partial charge in [0.2, 0.25) is 5.95 Å². The highest BCUT2D eigenvalue weighted by Crippen LogP contribution is 2.33. The molecule has 4 nitrogen and oxygen atoms in total. The lowest BCUT2D eigenvalue weighted by molar-refractivity contribution is 0.603. The van der Waals surface area contributed by atoms with Gasteiger partial charge in [-0.05, 0) is 29.8 Å². The van der Waals surface area contributed by atoms with Gasteiger partial charge in [0.05, 0.1) is 10.9 Å². The second-order valence-electron chi connectivity index (χ2n) is 4.29. The third-order valence-electron chi connectivity index (χ3n) is 2.99. The van der Waals surface area contributed by atoms with Crippen molar-refractivity contribution in [3.8, 4) is 11.1 Å². The van der Waals surface area contributed by atoms with Gasteiger partial charge in [-0.15, -0.1) is 0 Å². The molecule has 0 fully saturated rings. The standard InChI is InChI=1S/C14H10F2N4/c15-7-4-5-10(16)9(6-7)8-2-1-3-11-12(8)13(17)20-14(18)19-11/h1-6H,(H4,17,18,19,20). The molecule has 1 heterocycles. The highest BCUT2D eigenvalue weighted by atomic mass is 19.1. The Morgan fingerprint density at radius 1 is 0.900 bits per heavy atom. The SMILES string of the molecule is Nc1nc(N)c2c(-c3cc(F)ccc3F)cccc2n1. The molecule has 4 N–H and O–H groups in total. The van der Waals surface area contributed by atoms with Crippen LogP contribution in [0.1, 0.15) is 0 Å². The second kappa shape index (κ2) is 4.41. The van der Waals surface area contributed by atoms with Crippen LogP contribution >= 0.6 is 0 Å². The summed E-state index contributed by atoms with van der Waals surface area (Å²) in [5, 5.41) is 0.450. The molecule has 0 aliphatic rings. The molecule has 1 aromatic heterocycles. The molecule has 0 aliphatic carbocycles. The van der Waals surface area contributed by atoms with Crippen LogP contribution < -0.4 is 11.5 Å². The molecule has 0 aliphatic heterocycles. The van der Waals surface area contributed by atoms with Crippen LogP contribution in [-0.2, 0) is 0 Å². The second-order valence-corrected chi connectivity index (χ2v) is 4.29. The summed E-state index contributed by atoms with van der Waals surface area (Å²) in [7, 11) is 0. The molecule has 0 saturated carbocycles. The Kier molecular flexibility index (Phi) is 2.71. The first-order valence-corrected chi connectivity index (χ1v) is 5.83. The zero-order chi connectivity index (χ0) is 14.3. The number of nitrogens with zero attached hydrogens (tertiary/aromatic N) is 2. The van der Waals surface area contributed by atoms with Crippen molar-refractivity contribution in [2.24, 2.45) is 0 Å². The average Bonchev–Trinajstić information content (AvgIpc) is 2.40. The quantitative estimate of drug-likeness (QED) is 0.714. The number of hydrogen-bond donors (Lipinski definition) is 2. The molecule has 6 heteroatoms. The van der Waals surface area contributed by atoms with Gasteiger partial charge in [-0.25, -0.2) is 13.8 Å². The first-order chi connectivity index (χ1) is 9.56. The van der Waals surface area contributed by atoms with Crippen molar-refractivity contribution in [2.45, 2.75) is 0 Å². The Balaban J connectivity index is 2.40. The molecule has 3 aromatic rings. The summed E-state index contributed by atoms with van der Waals surface area (Å²) in [6.07, 6.45) is 0. The van der Waals surface area contributed by atoms with E-state index in [-0.39, 0.29) is 17.3 Å². The van der Waals surface area contributed by atoms with Crippen LogP contribution in [0, 0.1) is 11.6 Å². The van der Waals surface area contributed by atoms with E-state index in [1.54, 1.807) is 18.2 Å². The zero-order valence-corrected chi connectivity index (χ0v) is 10.3. The minimum absolute atomic E-state index is 0.0341. The number of fused-ring (bicyclic) bond motifs is 1. The maximum absolute atomic E-state index is 13.9. The van der Waals surface area contributed by atoms with Crippen LogP contribution in [0.15, 0.2) is 36.4 Å². The predicted molar refractivity (Wildman–Crippen MR) is 73.7 cm³/mol. The summed E-state index contributed by atoms with van der Waals surface area (Å²) in [5.74, 6) is -0.915. The molecule has 0 radical (unpaired) electrons. The Morgan fingerprint density at radius 2 is 1.70 bits per heavy atom. The first kappa shape index (κ1) is 12.3. The van der Waals surface area contributed by atoms with Crippen molar-refractivity contribution in [1.29, 1.82) is 0 Å². The summed E-state index contributed by atoms with van der Waals surface area (Å²) >= 11 is 0. The molecule has 0 unspecified atom stereocenters. The third kappa shape index (κ3) is 1.91. The van der Waals surface area contributed by atoms with E-state index in [4.69, 9.17) is 11.5 Å². The number of rotatable bonds is 1. The number of nitrogens with two attached hydrogens (primary N) is 2. The highest BCUT2D eigenvalue weighted by molar-refractivity contribution is 6.01. The Labute approximate surface area is 113 Å². The van der Waals surface area contributed by atoms with Crippen LogP contribution in [-0.4, -0.2) is 9.97 Å². The Bertz CT molecular complexity index is 818. The van der Waals surface area contributed by atoms with Crippen molar-refractivity contribution < 1.29 is 8.78 Å². The molecule has 0 saturated heterocycles. The van der Waals surface area contributed by atoms with Gasteiger partial charge in [0.15, 0.2) is 0 Å². The maximum Gasteiger partial charge on any atom is 0.222 e. The molecule has 3 rings (SSSR count). The molecule has 0 bridgehead atoms. The fraction of sp³-hybridized carbons (Fsp3) is 0. The van der Waals surface area contributed by atoms with Crippen molar-refractivity contribution in [3.63, 3.8) is 0 Å². The van der Waals surface area contributed by atoms with E-state index in [1.807, 2.05) is 0 Å². The third-order valence-corrected chi connectivity index (χ3v) is 2.99. The largest absolute Gasteiger partial charge is 0.383 e. The van der Waals surface area contributed by atoms with E-state index in [9.17, 15) is 8.78 Å². The number of benzene rings is 2. The number of anilines is 2. The van der Waals surface area contributed by atoms with Gasteiger partial charge in [-0.2, -0.15) is 4.98 Å². The zero-order valence-electron chi connectivity index (χ0n) is 10.3. The van der Waals surface area contributed by atoms with Crippen LogP contribution in [0.5, 0.6) is 0 Å². The average molecular weight is 272 g/mol. The molecule has 100 valence electrons. The van der Waals surface area contributed by atoms with E-state index in [0.29, 0.717) is 16.5 Å². The van der Waals surface area contributed by atoms with Crippen molar-refractivity contribution >= 4 is 22.7 Å². The minimum atomic E-state index is -0.546. The van der Waals surface area contributed by atoms with Crippen LogP contribution in [0.4, 0.5) is 20.5 Å². The van der Waals surface area contributed by atoms with Gasteiger partial charge in [0, 0.05) is 5.56 Å². The molecule has 20 heavy (non-hydrogen) atoms. The first-order valence-electron chi connectivity index (χ1n) is 5.83. The lowest BCUT2D eigenvalue weighted by Gasteiger charge is -2.10. The smallest absolute Gasteiger partial charge is 0.222 e. The van der Waals surface area contributed by atoms with E-state index in [1.165, 1.54) is 0 Å². The van der Waals surface area contributed by atoms with Crippen molar-refractivity contribution in [2.75, 3.05) is 11.5 Å². The lowest BCUT2D eigenvalue weighted by atomic mass is 10.0. The Morgan fingerprint density at radius 3 is 2.50 bits per heavy atom. The molecular formula is C14H10F2N4. The lowest BCUT2D eigenvalue weighted by Crippen LogP contribution is -2.01. The van der Waals surface area contributed by atoms with Gasteiger partial charge in [-0.3, -0.25) is 0 Å². The molecule has 0 spiro atoms. The van der Waals surface area contributed by atoms with Gasteiger partial charge < -0.3 is 11.5 Å². The van der Waals surface area contributed by atoms with E-state index in [0.717, 1.165) is 18.2 Å². The number of aromatic nitrogens is 2. The summed E-state index contributed by atoms with van der Waals surface area (Å²) < 4.78 is 27.3. The van der Waals surface area contributed by atoms with Crippen LogP contribution in [0.3, 0.4) is 0 Å². The number of halogens is 2. The minimum Gasteiger partial charge on any atom is -0.383 e. The fourth-order valence-corrected chi connectivity index (χ4v) is 2.16. The maximum atomic E-state index is 13.9.